The van der Waals surface area contributed by atoms with E-state index in [2.05, 4.69) is 13.8 Å². The van der Waals surface area contributed by atoms with E-state index in [-0.39, 0.29) is 0 Å². The van der Waals surface area contributed by atoms with Crippen molar-refractivity contribution in [2.45, 2.75) is 148 Å². The van der Waals surface area contributed by atoms with Crippen LogP contribution in [0, 0.1) is 11.8 Å². The van der Waals surface area contributed by atoms with Gasteiger partial charge in [0.15, 0.2) is 0 Å². The lowest BCUT2D eigenvalue weighted by Gasteiger charge is -2.29. The van der Waals surface area contributed by atoms with Crippen LogP contribution in [-0.4, -0.2) is 25.4 Å². The molecule has 0 N–H and O–H groups in total. The molecule has 0 aromatic carbocycles. The van der Waals surface area contributed by atoms with E-state index in [4.69, 9.17) is 9.47 Å². The molecule has 2 nitrogen and oxygen atoms in total. The molecular formula is C27H52O2. The Morgan fingerprint density at radius 2 is 0.897 bits per heavy atom. The van der Waals surface area contributed by atoms with Gasteiger partial charge in [0.05, 0.1) is 12.2 Å². The van der Waals surface area contributed by atoms with Gasteiger partial charge in [0.2, 0.25) is 0 Å². The summed E-state index contributed by atoms with van der Waals surface area (Å²) in [6, 6.07) is 0. The van der Waals surface area contributed by atoms with Crippen molar-refractivity contribution >= 4 is 0 Å². The zero-order valence-electron chi connectivity index (χ0n) is 20.0. The first kappa shape index (κ1) is 25.2. The van der Waals surface area contributed by atoms with E-state index >= 15 is 0 Å². The Hall–Kier alpha value is -0.0800. The van der Waals surface area contributed by atoms with Crippen LogP contribution >= 0.6 is 0 Å². The zero-order valence-corrected chi connectivity index (χ0v) is 20.0. The number of hydrogen-bond acceptors (Lipinski definition) is 2. The van der Waals surface area contributed by atoms with Gasteiger partial charge in [-0.15, -0.1) is 0 Å². The highest BCUT2D eigenvalue weighted by Gasteiger charge is 2.22. The molecule has 2 aliphatic rings. The van der Waals surface area contributed by atoms with Crippen molar-refractivity contribution in [1.82, 2.24) is 0 Å². The summed E-state index contributed by atoms with van der Waals surface area (Å²) < 4.78 is 12.3. The molecule has 29 heavy (non-hydrogen) atoms. The molecule has 0 heterocycles. The van der Waals surface area contributed by atoms with Crippen LogP contribution in [0.5, 0.6) is 0 Å². The van der Waals surface area contributed by atoms with Gasteiger partial charge in [-0.05, 0) is 82.5 Å². The fraction of sp³-hybridized carbons (Fsp3) is 1.00. The summed E-state index contributed by atoms with van der Waals surface area (Å²) in [7, 11) is 0. The van der Waals surface area contributed by atoms with Crippen LogP contribution in [0.2, 0.25) is 0 Å². The molecule has 0 aromatic rings. The second-order valence-corrected chi connectivity index (χ2v) is 10.1. The van der Waals surface area contributed by atoms with E-state index < -0.39 is 0 Å². The maximum atomic E-state index is 6.16. The summed E-state index contributed by atoms with van der Waals surface area (Å²) in [6.07, 6.45) is 27.0. The molecule has 0 spiro atoms. The van der Waals surface area contributed by atoms with Gasteiger partial charge >= 0.3 is 0 Å². The van der Waals surface area contributed by atoms with Crippen LogP contribution < -0.4 is 0 Å². The molecule has 2 aliphatic carbocycles. The first-order chi connectivity index (χ1) is 14.3. The summed E-state index contributed by atoms with van der Waals surface area (Å²) >= 11 is 0. The van der Waals surface area contributed by atoms with E-state index in [1.807, 2.05) is 0 Å². The Morgan fingerprint density at radius 3 is 1.28 bits per heavy atom. The van der Waals surface area contributed by atoms with Gasteiger partial charge in [-0.1, -0.05) is 65.2 Å². The second kappa shape index (κ2) is 16.6. The molecule has 2 saturated carbocycles. The van der Waals surface area contributed by atoms with Crippen LogP contribution in [0.4, 0.5) is 0 Å². The van der Waals surface area contributed by atoms with Gasteiger partial charge in [0.1, 0.15) is 0 Å². The first-order valence-electron chi connectivity index (χ1n) is 13.5. The van der Waals surface area contributed by atoms with E-state index in [0.29, 0.717) is 12.2 Å². The topological polar surface area (TPSA) is 18.5 Å². The number of hydrogen-bond donors (Lipinski definition) is 0. The normalized spacial score (nSPS) is 27.9. The molecule has 0 bridgehead atoms. The van der Waals surface area contributed by atoms with E-state index in [9.17, 15) is 0 Å². The predicted molar refractivity (Wildman–Crippen MR) is 126 cm³/mol. The van der Waals surface area contributed by atoms with Crippen LogP contribution in [0.1, 0.15) is 136 Å². The third kappa shape index (κ3) is 11.8. The van der Waals surface area contributed by atoms with Crippen molar-refractivity contribution in [1.29, 1.82) is 0 Å². The van der Waals surface area contributed by atoms with Crippen molar-refractivity contribution < 1.29 is 9.47 Å². The summed E-state index contributed by atoms with van der Waals surface area (Å²) in [5.41, 5.74) is 0. The first-order valence-corrected chi connectivity index (χ1v) is 13.5. The van der Waals surface area contributed by atoms with Gasteiger partial charge in [0, 0.05) is 13.2 Å². The van der Waals surface area contributed by atoms with Crippen molar-refractivity contribution in [3.8, 4) is 0 Å². The summed E-state index contributed by atoms with van der Waals surface area (Å²) in [5, 5.41) is 0. The lowest BCUT2D eigenvalue weighted by molar-refractivity contribution is 0.00640. The highest BCUT2D eigenvalue weighted by molar-refractivity contribution is 4.74. The fourth-order valence-corrected chi connectivity index (χ4v) is 5.42. The van der Waals surface area contributed by atoms with Crippen LogP contribution in [0.15, 0.2) is 0 Å². The third-order valence-corrected chi connectivity index (χ3v) is 7.52. The van der Waals surface area contributed by atoms with Crippen LogP contribution in [-0.2, 0) is 9.47 Å². The number of rotatable bonds is 16. The smallest absolute Gasteiger partial charge is 0.0575 e. The van der Waals surface area contributed by atoms with Gasteiger partial charge < -0.3 is 9.47 Å². The molecule has 2 fully saturated rings. The largest absolute Gasteiger partial charge is 0.378 e. The lowest BCUT2D eigenvalue weighted by atomic mass is 9.84. The van der Waals surface area contributed by atoms with Crippen LogP contribution in [0.3, 0.4) is 0 Å². The highest BCUT2D eigenvalue weighted by atomic mass is 16.5. The van der Waals surface area contributed by atoms with E-state index in [1.54, 1.807) is 0 Å². The van der Waals surface area contributed by atoms with Crippen LogP contribution in [0.25, 0.3) is 0 Å². The highest BCUT2D eigenvalue weighted by Crippen LogP contribution is 2.31. The average Bonchev–Trinajstić information content (AvgIpc) is 2.75. The van der Waals surface area contributed by atoms with Gasteiger partial charge in [0.25, 0.3) is 0 Å². The Bertz CT molecular complexity index is 320. The quantitative estimate of drug-likeness (QED) is 0.238. The molecule has 0 aliphatic heterocycles. The molecule has 0 atom stereocenters. The average molecular weight is 409 g/mol. The third-order valence-electron chi connectivity index (χ3n) is 7.52. The molecule has 2 heteroatoms. The maximum absolute atomic E-state index is 6.16. The Labute approximate surface area is 182 Å². The van der Waals surface area contributed by atoms with Crippen molar-refractivity contribution in [3.63, 3.8) is 0 Å². The Balaban J connectivity index is 1.35. The summed E-state index contributed by atoms with van der Waals surface area (Å²) in [4.78, 5) is 0. The molecule has 0 aromatic heterocycles. The van der Waals surface area contributed by atoms with E-state index in [0.717, 1.165) is 25.0 Å². The Kier molecular flexibility index (Phi) is 14.4. The molecule has 172 valence electrons. The molecular weight excluding hydrogens is 356 g/mol. The number of ether oxygens (including phenoxy) is 2. The predicted octanol–water partition coefficient (Wildman–Crippen LogP) is 8.47. The van der Waals surface area contributed by atoms with Crippen molar-refractivity contribution in [3.05, 3.63) is 0 Å². The zero-order chi connectivity index (χ0) is 20.6. The molecule has 2 rings (SSSR count). The SMILES string of the molecule is CCCCCC1CCC(OCCCCCOC2CCC(CCCCC)CC2)CC1. The Morgan fingerprint density at radius 1 is 0.483 bits per heavy atom. The number of unbranched alkanes of at least 4 members (excludes halogenated alkanes) is 6. The van der Waals surface area contributed by atoms with Gasteiger partial charge in [-0.2, -0.15) is 0 Å². The van der Waals surface area contributed by atoms with E-state index in [1.165, 1.54) is 122 Å². The molecule has 0 saturated heterocycles. The standard InChI is InChI=1S/C27H52O2/c1-3-5-8-12-24-14-18-26(19-15-24)28-22-10-7-11-23-29-27-20-16-25(17-21-27)13-9-6-4-2/h24-27H,3-23H2,1-2H3. The monoisotopic (exact) mass is 408 g/mol. The minimum absolute atomic E-state index is 0.557. The molecule has 0 unspecified atom stereocenters. The van der Waals surface area contributed by atoms with Gasteiger partial charge in [-0.25, -0.2) is 0 Å². The lowest BCUT2D eigenvalue weighted by Crippen LogP contribution is -2.22. The van der Waals surface area contributed by atoms with Crippen molar-refractivity contribution in [2.75, 3.05) is 13.2 Å². The van der Waals surface area contributed by atoms with Crippen molar-refractivity contribution in [2.24, 2.45) is 11.8 Å². The molecule has 0 radical (unpaired) electrons. The minimum atomic E-state index is 0.557. The van der Waals surface area contributed by atoms with Gasteiger partial charge in [-0.3, -0.25) is 0 Å². The fourth-order valence-electron chi connectivity index (χ4n) is 5.42. The summed E-state index contributed by atoms with van der Waals surface area (Å²) in [5.74, 6) is 1.98. The maximum Gasteiger partial charge on any atom is 0.0575 e. The second-order valence-electron chi connectivity index (χ2n) is 10.1. The minimum Gasteiger partial charge on any atom is -0.378 e. The molecule has 0 amide bonds. The summed E-state index contributed by atoms with van der Waals surface area (Å²) in [6.45, 7) is 6.54.